The molecule has 29 heavy (non-hydrogen) atoms. The zero-order valence-electron chi connectivity index (χ0n) is 17.3. The molecule has 6 nitrogen and oxygen atoms in total. The van der Waals surface area contributed by atoms with Crippen molar-refractivity contribution >= 4 is 21.6 Å². The third kappa shape index (κ3) is 5.58. The molecule has 2 aromatic rings. The van der Waals surface area contributed by atoms with Crippen molar-refractivity contribution in [2.45, 2.75) is 44.6 Å². The lowest BCUT2D eigenvalue weighted by molar-refractivity contribution is -0.131. The Bertz CT molecular complexity index is 977. The molecule has 0 radical (unpaired) electrons. The van der Waals surface area contributed by atoms with Crippen LogP contribution in [0.15, 0.2) is 53.4 Å². The van der Waals surface area contributed by atoms with Crippen LogP contribution in [0.1, 0.15) is 30.9 Å². The molecule has 0 bridgehead atoms. The first-order chi connectivity index (χ1) is 13.7. The first-order valence-corrected chi connectivity index (χ1v) is 10.9. The SMILES string of the molecule is Cc1ccc(N(CCC(=O)N(C)C(C)CC#N)S(=O)(=O)c2ccc(C)cc2)cc1. The first kappa shape index (κ1) is 22.4. The number of benzene rings is 2. The van der Waals surface area contributed by atoms with Crippen LogP contribution in [0.3, 0.4) is 0 Å². The van der Waals surface area contributed by atoms with Crippen molar-refractivity contribution in [2.75, 3.05) is 17.9 Å². The smallest absolute Gasteiger partial charge is 0.264 e. The van der Waals surface area contributed by atoms with E-state index >= 15 is 0 Å². The molecular weight excluding hydrogens is 386 g/mol. The number of rotatable bonds is 8. The Morgan fingerprint density at radius 1 is 1.03 bits per heavy atom. The number of aryl methyl sites for hydroxylation is 2. The molecule has 0 aliphatic carbocycles. The van der Waals surface area contributed by atoms with E-state index < -0.39 is 10.0 Å². The minimum Gasteiger partial charge on any atom is -0.342 e. The molecule has 1 unspecified atom stereocenters. The van der Waals surface area contributed by atoms with E-state index in [4.69, 9.17) is 5.26 Å². The van der Waals surface area contributed by atoms with E-state index in [2.05, 4.69) is 0 Å². The average Bonchev–Trinajstić information content (AvgIpc) is 2.69. The minimum absolute atomic E-state index is 0.0156. The summed E-state index contributed by atoms with van der Waals surface area (Å²) in [7, 11) is -2.19. The predicted octanol–water partition coefficient (Wildman–Crippen LogP) is 3.65. The Hall–Kier alpha value is -2.85. The molecule has 2 aromatic carbocycles. The summed E-state index contributed by atoms with van der Waals surface area (Å²) in [4.78, 5) is 14.2. The van der Waals surface area contributed by atoms with Gasteiger partial charge in [0, 0.05) is 26.1 Å². The number of carbonyl (C=O) groups is 1. The summed E-state index contributed by atoms with van der Waals surface area (Å²) in [5, 5.41) is 8.83. The molecule has 0 saturated carbocycles. The molecular formula is C22H27N3O3S. The van der Waals surface area contributed by atoms with Crippen LogP contribution in [0.5, 0.6) is 0 Å². The van der Waals surface area contributed by atoms with Gasteiger partial charge in [0.1, 0.15) is 0 Å². The van der Waals surface area contributed by atoms with E-state index in [9.17, 15) is 13.2 Å². The van der Waals surface area contributed by atoms with E-state index in [1.54, 1.807) is 50.4 Å². The Morgan fingerprint density at radius 2 is 1.55 bits per heavy atom. The summed E-state index contributed by atoms with van der Waals surface area (Å²) in [6.07, 6.45) is 0.247. The van der Waals surface area contributed by atoms with E-state index in [1.807, 2.05) is 32.0 Å². The second-order valence-corrected chi connectivity index (χ2v) is 9.05. The highest BCUT2D eigenvalue weighted by atomic mass is 32.2. The van der Waals surface area contributed by atoms with E-state index in [-0.39, 0.29) is 36.2 Å². The van der Waals surface area contributed by atoms with Crippen molar-refractivity contribution in [3.63, 3.8) is 0 Å². The zero-order valence-corrected chi connectivity index (χ0v) is 18.1. The summed E-state index contributed by atoms with van der Waals surface area (Å²) in [5.41, 5.74) is 2.49. The maximum atomic E-state index is 13.3. The van der Waals surface area contributed by atoms with Crippen molar-refractivity contribution < 1.29 is 13.2 Å². The van der Waals surface area contributed by atoms with Gasteiger partial charge >= 0.3 is 0 Å². The van der Waals surface area contributed by atoms with Crippen molar-refractivity contribution in [1.82, 2.24) is 4.90 Å². The fourth-order valence-electron chi connectivity index (χ4n) is 2.82. The molecule has 0 spiro atoms. The van der Waals surface area contributed by atoms with Crippen molar-refractivity contribution in [3.8, 4) is 6.07 Å². The van der Waals surface area contributed by atoms with Crippen LogP contribution in [0.2, 0.25) is 0 Å². The van der Waals surface area contributed by atoms with Gasteiger partial charge in [-0.05, 0) is 45.0 Å². The van der Waals surface area contributed by atoms with Gasteiger partial charge in [-0.1, -0.05) is 35.4 Å². The molecule has 0 aliphatic rings. The molecule has 7 heteroatoms. The highest BCUT2D eigenvalue weighted by molar-refractivity contribution is 7.92. The van der Waals surface area contributed by atoms with Gasteiger partial charge in [-0.25, -0.2) is 8.42 Å². The lowest BCUT2D eigenvalue weighted by Crippen LogP contribution is -2.39. The molecule has 2 rings (SSSR count). The highest BCUT2D eigenvalue weighted by Gasteiger charge is 2.26. The Morgan fingerprint density at radius 3 is 2.07 bits per heavy atom. The third-order valence-corrected chi connectivity index (χ3v) is 6.74. The van der Waals surface area contributed by atoms with E-state index in [0.29, 0.717) is 5.69 Å². The molecule has 0 saturated heterocycles. The van der Waals surface area contributed by atoms with Gasteiger partial charge in [-0.3, -0.25) is 9.10 Å². The Kier molecular flexibility index (Phi) is 7.40. The fourth-order valence-corrected chi connectivity index (χ4v) is 4.29. The second-order valence-electron chi connectivity index (χ2n) is 7.19. The Labute approximate surface area is 173 Å². The molecule has 0 aromatic heterocycles. The number of nitriles is 1. The van der Waals surface area contributed by atoms with Crippen LogP contribution in [0.4, 0.5) is 5.69 Å². The fraction of sp³-hybridized carbons (Fsp3) is 0.364. The number of sulfonamides is 1. The van der Waals surface area contributed by atoms with Crippen molar-refractivity contribution in [2.24, 2.45) is 0 Å². The number of anilines is 1. The van der Waals surface area contributed by atoms with Gasteiger partial charge in [0.05, 0.1) is 23.1 Å². The number of amides is 1. The van der Waals surface area contributed by atoms with Gasteiger partial charge in [0.2, 0.25) is 5.91 Å². The highest BCUT2D eigenvalue weighted by Crippen LogP contribution is 2.25. The predicted molar refractivity (Wildman–Crippen MR) is 114 cm³/mol. The average molecular weight is 414 g/mol. The molecule has 0 aliphatic heterocycles. The summed E-state index contributed by atoms with van der Waals surface area (Å²) in [6, 6.07) is 15.7. The monoisotopic (exact) mass is 413 g/mol. The van der Waals surface area contributed by atoms with Gasteiger partial charge in [0.25, 0.3) is 10.0 Å². The maximum absolute atomic E-state index is 13.3. The molecule has 0 fully saturated rings. The standard InChI is InChI=1S/C22H27N3O3S/c1-17-5-9-20(10-6-17)25(16-14-22(26)24(4)19(3)13-15-23)29(27,28)21-11-7-18(2)8-12-21/h5-12,19H,13-14,16H2,1-4H3. The van der Waals surface area contributed by atoms with E-state index in [1.165, 1.54) is 9.21 Å². The summed E-state index contributed by atoms with van der Waals surface area (Å²) < 4.78 is 27.9. The Balaban J connectivity index is 2.31. The van der Waals surface area contributed by atoms with Crippen LogP contribution < -0.4 is 4.31 Å². The van der Waals surface area contributed by atoms with Crippen LogP contribution in [0, 0.1) is 25.2 Å². The molecule has 154 valence electrons. The van der Waals surface area contributed by atoms with Gasteiger partial charge in [-0.15, -0.1) is 0 Å². The number of hydrogen-bond donors (Lipinski definition) is 0. The van der Waals surface area contributed by atoms with Crippen molar-refractivity contribution in [1.29, 1.82) is 5.26 Å². The van der Waals surface area contributed by atoms with Crippen LogP contribution in [-0.4, -0.2) is 38.9 Å². The number of carbonyl (C=O) groups excluding carboxylic acids is 1. The largest absolute Gasteiger partial charge is 0.342 e. The molecule has 0 N–H and O–H groups in total. The van der Waals surface area contributed by atoms with Gasteiger partial charge in [-0.2, -0.15) is 5.26 Å². The lowest BCUT2D eigenvalue weighted by atomic mass is 10.2. The molecule has 1 amide bonds. The normalized spacial score (nSPS) is 12.1. The summed E-state index contributed by atoms with van der Waals surface area (Å²) in [6.45, 7) is 5.63. The van der Waals surface area contributed by atoms with Crippen LogP contribution >= 0.6 is 0 Å². The molecule has 0 heterocycles. The second kappa shape index (κ2) is 9.57. The minimum atomic E-state index is -3.83. The first-order valence-electron chi connectivity index (χ1n) is 9.45. The third-order valence-electron chi connectivity index (χ3n) is 4.90. The summed E-state index contributed by atoms with van der Waals surface area (Å²) >= 11 is 0. The number of hydrogen-bond acceptors (Lipinski definition) is 4. The molecule has 1 atom stereocenters. The van der Waals surface area contributed by atoms with Crippen molar-refractivity contribution in [3.05, 3.63) is 59.7 Å². The summed E-state index contributed by atoms with van der Waals surface area (Å²) in [5.74, 6) is -0.205. The van der Waals surface area contributed by atoms with Crippen LogP contribution in [0.25, 0.3) is 0 Å². The van der Waals surface area contributed by atoms with E-state index in [0.717, 1.165) is 11.1 Å². The quantitative estimate of drug-likeness (QED) is 0.661. The lowest BCUT2D eigenvalue weighted by Gasteiger charge is -2.27. The zero-order chi connectivity index (χ0) is 21.6. The van der Waals surface area contributed by atoms with Crippen LogP contribution in [-0.2, 0) is 14.8 Å². The maximum Gasteiger partial charge on any atom is 0.264 e. The van der Waals surface area contributed by atoms with Gasteiger partial charge in [0.15, 0.2) is 0 Å². The van der Waals surface area contributed by atoms with Gasteiger partial charge < -0.3 is 4.90 Å². The topological polar surface area (TPSA) is 81.5 Å². The number of nitrogens with zero attached hydrogens (tertiary/aromatic N) is 3.